The molecule has 0 aliphatic heterocycles. The van der Waals surface area contributed by atoms with Gasteiger partial charge in [0.25, 0.3) is 0 Å². The van der Waals surface area contributed by atoms with E-state index < -0.39 is 0 Å². The lowest BCUT2D eigenvalue weighted by Crippen LogP contribution is -2.28. The molecule has 0 bridgehead atoms. The summed E-state index contributed by atoms with van der Waals surface area (Å²) in [6, 6.07) is 3.96. The quantitative estimate of drug-likeness (QED) is 0.669. The maximum absolute atomic E-state index is 11.0. The van der Waals surface area contributed by atoms with Gasteiger partial charge >= 0.3 is 5.97 Å². The van der Waals surface area contributed by atoms with E-state index >= 15 is 0 Å². The van der Waals surface area contributed by atoms with E-state index in [4.69, 9.17) is 0 Å². The Labute approximate surface area is 89.9 Å². The Hall–Kier alpha value is -1.42. The maximum atomic E-state index is 11.0. The van der Waals surface area contributed by atoms with Crippen LogP contribution in [0.25, 0.3) is 0 Å². The van der Waals surface area contributed by atoms with Crippen LogP contribution >= 0.6 is 0 Å². The Bertz CT molecular complexity index is 301. The number of aromatic nitrogens is 1. The van der Waals surface area contributed by atoms with Gasteiger partial charge in [0.2, 0.25) is 0 Å². The molecule has 15 heavy (non-hydrogen) atoms. The number of methoxy groups -OCH3 is 1. The van der Waals surface area contributed by atoms with Gasteiger partial charge in [-0.3, -0.25) is 14.7 Å². The van der Waals surface area contributed by atoms with Crippen LogP contribution in [-0.2, 0) is 16.0 Å². The molecule has 0 aromatic carbocycles. The van der Waals surface area contributed by atoms with Crippen molar-refractivity contribution in [2.45, 2.75) is 6.42 Å². The van der Waals surface area contributed by atoms with E-state index in [0.717, 1.165) is 13.0 Å². The van der Waals surface area contributed by atoms with Crippen molar-refractivity contribution >= 4 is 5.97 Å². The molecule has 4 nitrogen and oxygen atoms in total. The maximum Gasteiger partial charge on any atom is 0.319 e. The Kier molecular flexibility index (Phi) is 4.77. The minimum Gasteiger partial charge on any atom is -0.468 e. The van der Waals surface area contributed by atoms with Gasteiger partial charge in [0, 0.05) is 18.9 Å². The standard InChI is InChI=1S/C11H16N2O2/c1-13(9-11(14)15-2)8-5-10-3-6-12-7-4-10/h3-4,6-7H,5,8-9H2,1-2H3. The molecule has 1 heterocycles. The molecule has 0 aliphatic carbocycles. The number of carbonyl (C=O) groups excluding carboxylic acids is 1. The lowest BCUT2D eigenvalue weighted by molar-refractivity contribution is -0.141. The normalized spacial score (nSPS) is 10.3. The Balaban J connectivity index is 2.28. The Morgan fingerprint density at radius 2 is 2.13 bits per heavy atom. The number of hydrogen-bond donors (Lipinski definition) is 0. The van der Waals surface area contributed by atoms with Crippen LogP contribution in [0.4, 0.5) is 0 Å². The van der Waals surface area contributed by atoms with Gasteiger partial charge in [0.1, 0.15) is 0 Å². The first-order valence-electron chi connectivity index (χ1n) is 4.86. The van der Waals surface area contributed by atoms with Crippen molar-refractivity contribution in [3.63, 3.8) is 0 Å². The van der Waals surface area contributed by atoms with Gasteiger partial charge in [-0.25, -0.2) is 0 Å². The Morgan fingerprint density at radius 1 is 1.47 bits per heavy atom. The molecule has 0 N–H and O–H groups in total. The fraction of sp³-hybridized carbons (Fsp3) is 0.455. The molecule has 0 atom stereocenters. The van der Waals surface area contributed by atoms with Crippen molar-refractivity contribution in [2.75, 3.05) is 27.2 Å². The SMILES string of the molecule is COC(=O)CN(C)CCc1ccncc1. The molecule has 1 aromatic heterocycles. The van der Waals surface area contributed by atoms with E-state index in [-0.39, 0.29) is 5.97 Å². The molecule has 0 saturated carbocycles. The minimum atomic E-state index is -0.202. The van der Waals surface area contributed by atoms with Crippen LogP contribution in [0.2, 0.25) is 0 Å². The van der Waals surface area contributed by atoms with Gasteiger partial charge in [-0.1, -0.05) is 0 Å². The van der Waals surface area contributed by atoms with E-state index in [1.54, 1.807) is 12.4 Å². The third-order valence-electron chi connectivity index (χ3n) is 2.16. The number of carbonyl (C=O) groups is 1. The number of ether oxygens (including phenoxy) is 1. The van der Waals surface area contributed by atoms with Crippen LogP contribution in [0.15, 0.2) is 24.5 Å². The Morgan fingerprint density at radius 3 is 2.73 bits per heavy atom. The molecule has 82 valence electrons. The third-order valence-corrected chi connectivity index (χ3v) is 2.16. The van der Waals surface area contributed by atoms with Crippen molar-refractivity contribution < 1.29 is 9.53 Å². The molecule has 0 spiro atoms. The summed E-state index contributed by atoms with van der Waals surface area (Å²) in [5, 5.41) is 0. The molecule has 0 fully saturated rings. The zero-order valence-corrected chi connectivity index (χ0v) is 9.14. The number of pyridine rings is 1. The highest BCUT2D eigenvalue weighted by Gasteiger charge is 2.05. The summed E-state index contributed by atoms with van der Waals surface area (Å²) in [7, 11) is 3.30. The second-order valence-electron chi connectivity index (χ2n) is 3.42. The molecular formula is C11H16N2O2. The summed E-state index contributed by atoms with van der Waals surface area (Å²) in [6.07, 6.45) is 4.46. The van der Waals surface area contributed by atoms with Crippen molar-refractivity contribution in [2.24, 2.45) is 0 Å². The topological polar surface area (TPSA) is 42.4 Å². The van der Waals surface area contributed by atoms with Crippen molar-refractivity contribution in [3.05, 3.63) is 30.1 Å². The molecular weight excluding hydrogens is 192 g/mol. The highest BCUT2D eigenvalue weighted by atomic mass is 16.5. The average molecular weight is 208 g/mol. The van der Waals surface area contributed by atoms with Gasteiger partial charge in [-0.05, 0) is 31.2 Å². The van der Waals surface area contributed by atoms with Crippen LogP contribution in [0, 0.1) is 0 Å². The van der Waals surface area contributed by atoms with Gasteiger partial charge in [-0.15, -0.1) is 0 Å². The molecule has 1 aromatic rings. The summed E-state index contributed by atoms with van der Waals surface area (Å²) >= 11 is 0. The fourth-order valence-corrected chi connectivity index (χ4v) is 1.23. The van der Waals surface area contributed by atoms with E-state index in [2.05, 4.69) is 9.72 Å². The van der Waals surface area contributed by atoms with Crippen LogP contribution in [0.3, 0.4) is 0 Å². The van der Waals surface area contributed by atoms with Gasteiger partial charge in [0.15, 0.2) is 0 Å². The summed E-state index contributed by atoms with van der Waals surface area (Å²) < 4.78 is 4.58. The number of rotatable bonds is 5. The molecule has 0 saturated heterocycles. The van der Waals surface area contributed by atoms with Gasteiger partial charge in [-0.2, -0.15) is 0 Å². The van der Waals surface area contributed by atoms with Crippen LogP contribution < -0.4 is 0 Å². The fourth-order valence-electron chi connectivity index (χ4n) is 1.23. The number of nitrogens with zero attached hydrogens (tertiary/aromatic N) is 2. The van der Waals surface area contributed by atoms with E-state index in [9.17, 15) is 4.79 Å². The lowest BCUT2D eigenvalue weighted by atomic mass is 10.2. The predicted molar refractivity (Wildman–Crippen MR) is 57.5 cm³/mol. The van der Waals surface area contributed by atoms with E-state index in [1.807, 2.05) is 24.1 Å². The zero-order chi connectivity index (χ0) is 11.1. The molecule has 0 aliphatic rings. The molecule has 1 rings (SSSR count). The molecule has 0 radical (unpaired) electrons. The summed E-state index contributed by atoms with van der Waals surface area (Å²) in [6.45, 7) is 1.17. The second kappa shape index (κ2) is 6.14. The largest absolute Gasteiger partial charge is 0.468 e. The first-order chi connectivity index (χ1) is 7.22. The average Bonchev–Trinajstić information content (AvgIpc) is 2.27. The molecule has 0 unspecified atom stereocenters. The smallest absolute Gasteiger partial charge is 0.319 e. The zero-order valence-electron chi connectivity index (χ0n) is 9.14. The van der Waals surface area contributed by atoms with Crippen molar-refractivity contribution in [1.82, 2.24) is 9.88 Å². The number of likely N-dealkylation sites (N-methyl/N-ethyl adjacent to an activating group) is 1. The molecule has 4 heteroatoms. The number of hydrogen-bond acceptors (Lipinski definition) is 4. The van der Waals surface area contributed by atoms with Gasteiger partial charge in [0.05, 0.1) is 13.7 Å². The summed E-state index contributed by atoms with van der Waals surface area (Å²) in [5.41, 5.74) is 1.22. The highest BCUT2D eigenvalue weighted by molar-refractivity contribution is 5.71. The van der Waals surface area contributed by atoms with Crippen LogP contribution in [0.1, 0.15) is 5.56 Å². The second-order valence-corrected chi connectivity index (χ2v) is 3.42. The predicted octanol–water partition coefficient (Wildman–Crippen LogP) is 0.729. The first-order valence-corrected chi connectivity index (χ1v) is 4.86. The lowest BCUT2D eigenvalue weighted by Gasteiger charge is -2.14. The van der Waals surface area contributed by atoms with Gasteiger partial charge < -0.3 is 4.74 Å². The first kappa shape index (κ1) is 11.7. The van der Waals surface area contributed by atoms with Crippen molar-refractivity contribution in [1.29, 1.82) is 0 Å². The van der Waals surface area contributed by atoms with Crippen LogP contribution in [-0.4, -0.2) is 43.1 Å². The third kappa shape index (κ3) is 4.56. The monoisotopic (exact) mass is 208 g/mol. The minimum absolute atomic E-state index is 0.202. The summed E-state index contributed by atoms with van der Waals surface area (Å²) in [5.74, 6) is -0.202. The van der Waals surface area contributed by atoms with Crippen molar-refractivity contribution in [3.8, 4) is 0 Å². The number of esters is 1. The van der Waals surface area contributed by atoms with E-state index in [1.165, 1.54) is 12.7 Å². The van der Waals surface area contributed by atoms with Crippen LogP contribution in [0.5, 0.6) is 0 Å². The highest BCUT2D eigenvalue weighted by Crippen LogP contribution is 1.98. The molecule has 0 amide bonds. The summed E-state index contributed by atoms with van der Waals surface area (Å²) in [4.78, 5) is 16.8. The van der Waals surface area contributed by atoms with E-state index in [0.29, 0.717) is 6.54 Å².